The lowest BCUT2D eigenvalue weighted by molar-refractivity contribution is 0.0932. The first-order valence-electron chi connectivity index (χ1n) is 8.42. The van der Waals surface area contributed by atoms with Crippen LogP contribution in [0.5, 0.6) is 0 Å². The van der Waals surface area contributed by atoms with Crippen LogP contribution in [0.1, 0.15) is 47.7 Å². The van der Waals surface area contributed by atoms with Gasteiger partial charge in [-0.05, 0) is 43.7 Å². The van der Waals surface area contributed by atoms with Crippen LogP contribution in [-0.2, 0) is 0 Å². The summed E-state index contributed by atoms with van der Waals surface area (Å²) in [6.45, 7) is 0.502. The normalized spacial score (nSPS) is 18.7. The maximum atomic E-state index is 12.7. The molecule has 3 N–H and O–H groups in total. The van der Waals surface area contributed by atoms with Gasteiger partial charge in [-0.2, -0.15) is 5.10 Å². The molecule has 2 aliphatic carbocycles. The molecule has 4 rings (SSSR count). The first kappa shape index (κ1) is 14.5. The summed E-state index contributed by atoms with van der Waals surface area (Å²) in [4.78, 5) is 12.7. The number of para-hydroxylation sites is 1. The number of amides is 1. The van der Waals surface area contributed by atoms with Crippen LogP contribution in [-0.4, -0.2) is 28.3 Å². The molecule has 1 unspecified atom stereocenters. The van der Waals surface area contributed by atoms with E-state index in [0.29, 0.717) is 23.9 Å². The predicted molar refractivity (Wildman–Crippen MR) is 88.6 cm³/mol. The fourth-order valence-electron chi connectivity index (χ4n) is 3.17. The molecule has 1 amide bonds. The van der Waals surface area contributed by atoms with Crippen molar-refractivity contribution < 1.29 is 4.79 Å². The molecule has 2 saturated carbocycles. The highest BCUT2D eigenvalue weighted by Gasteiger charge is 2.35. The topological polar surface area (TPSA) is 72.9 Å². The molecule has 0 radical (unpaired) electrons. The second-order valence-corrected chi connectivity index (χ2v) is 6.62. The maximum absolute atomic E-state index is 12.7. The highest BCUT2D eigenvalue weighted by atomic mass is 16.1. The van der Waals surface area contributed by atoms with E-state index in [1.807, 2.05) is 35.0 Å². The third kappa shape index (κ3) is 2.88. The summed E-state index contributed by atoms with van der Waals surface area (Å²) >= 11 is 0. The molecule has 0 bridgehead atoms. The smallest absolute Gasteiger partial charge is 0.255 e. The highest BCUT2D eigenvalue weighted by molar-refractivity contribution is 5.95. The van der Waals surface area contributed by atoms with Crippen molar-refractivity contribution in [3.8, 4) is 5.69 Å². The molecule has 1 aromatic carbocycles. The number of rotatable bonds is 6. The van der Waals surface area contributed by atoms with Crippen LogP contribution in [0.15, 0.2) is 36.5 Å². The molecule has 23 heavy (non-hydrogen) atoms. The molecule has 0 spiro atoms. The summed E-state index contributed by atoms with van der Waals surface area (Å²) in [7, 11) is 0. The van der Waals surface area contributed by atoms with Crippen molar-refractivity contribution in [1.29, 1.82) is 0 Å². The van der Waals surface area contributed by atoms with Crippen LogP contribution in [0.3, 0.4) is 0 Å². The van der Waals surface area contributed by atoms with Crippen molar-refractivity contribution in [2.45, 2.75) is 37.6 Å². The largest absolute Gasteiger partial charge is 0.348 e. The quantitative estimate of drug-likeness (QED) is 0.859. The average Bonchev–Trinajstić information content (AvgIpc) is 3.51. The van der Waals surface area contributed by atoms with Crippen LogP contribution in [0.4, 0.5) is 0 Å². The maximum Gasteiger partial charge on any atom is 0.255 e. The second-order valence-electron chi connectivity index (χ2n) is 6.62. The molecular weight excluding hydrogens is 288 g/mol. The molecule has 0 saturated heterocycles. The van der Waals surface area contributed by atoms with Crippen molar-refractivity contribution >= 4 is 5.91 Å². The fourth-order valence-corrected chi connectivity index (χ4v) is 3.17. The van der Waals surface area contributed by atoms with Gasteiger partial charge in [0, 0.05) is 18.5 Å². The van der Waals surface area contributed by atoms with E-state index in [9.17, 15) is 4.79 Å². The zero-order valence-corrected chi connectivity index (χ0v) is 13.1. The Morgan fingerprint density at radius 1 is 1.26 bits per heavy atom. The van der Waals surface area contributed by atoms with Gasteiger partial charge < -0.3 is 11.1 Å². The number of nitrogens with two attached hydrogens (primary N) is 1. The molecule has 1 aromatic heterocycles. The highest BCUT2D eigenvalue weighted by Crippen LogP contribution is 2.42. The molecule has 0 aliphatic heterocycles. The second kappa shape index (κ2) is 5.81. The summed E-state index contributed by atoms with van der Waals surface area (Å²) in [6, 6.07) is 10.1. The predicted octanol–water partition coefficient (Wildman–Crippen LogP) is 2.22. The number of aromatic nitrogens is 2. The van der Waals surface area contributed by atoms with Gasteiger partial charge in [0.15, 0.2) is 0 Å². The third-order valence-corrected chi connectivity index (χ3v) is 4.78. The van der Waals surface area contributed by atoms with Crippen molar-refractivity contribution in [2.75, 3.05) is 6.54 Å². The first-order valence-corrected chi connectivity index (χ1v) is 8.42. The van der Waals surface area contributed by atoms with Gasteiger partial charge in [0.2, 0.25) is 0 Å². The van der Waals surface area contributed by atoms with Crippen molar-refractivity contribution in [3.63, 3.8) is 0 Å². The Balaban J connectivity index is 1.63. The van der Waals surface area contributed by atoms with E-state index in [1.165, 1.54) is 12.8 Å². The SMILES string of the molecule is NCC(NC(=O)c1cnn(-c2ccccc2)c1C1CC1)C1CC1. The molecular formula is C18H22N4O. The zero-order valence-electron chi connectivity index (χ0n) is 13.1. The Hall–Kier alpha value is -2.14. The summed E-state index contributed by atoms with van der Waals surface area (Å²) in [5, 5.41) is 7.60. The summed E-state index contributed by atoms with van der Waals surface area (Å²) in [6.07, 6.45) is 6.29. The van der Waals surface area contributed by atoms with E-state index >= 15 is 0 Å². The minimum atomic E-state index is -0.0311. The summed E-state index contributed by atoms with van der Waals surface area (Å²) < 4.78 is 1.92. The van der Waals surface area contributed by atoms with E-state index in [2.05, 4.69) is 10.4 Å². The van der Waals surface area contributed by atoms with Gasteiger partial charge in [-0.1, -0.05) is 18.2 Å². The summed E-state index contributed by atoms with van der Waals surface area (Å²) in [5.74, 6) is 0.963. The van der Waals surface area contributed by atoms with Gasteiger partial charge in [-0.3, -0.25) is 4.79 Å². The number of carbonyl (C=O) groups is 1. The van der Waals surface area contributed by atoms with Crippen LogP contribution < -0.4 is 11.1 Å². The average molecular weight is 310 g/mol. The molecule has 2 aliphatic rings. The van der Waals surface area contributed by atoms with Crippen LogP contribution in [0.25, 0.3) is 5.69 Å². The van der Waals surface area contributed by atoms with Crippen LogP contribution in [0.2, 0.25) is 0 Å². The Bertz CT molecular complexity index is 701. The van der Waals surface area contributed by atoms with E-state index in [1.54, 1.807) is 6.20 Å². The van der Waals surface area contributed by atoms with Crippen LogP contribution >= 0.6 is 0 Å². The Morgan fingerprint density at radius 3 is 2.61 bits per heavy atom. The van der Waals surface area contributed by atoms with Gasteiger partial charge in [-0.15, -0.1) is 0 Å². The molecule has 120 valence electrons. The molecule has 5 heteroatoms. The van der Waals surface area contributed by atoms with Crippen molar-refractivity contribution in [3.05, 3.63) is 47.8 Å². The lowest BCUT2D eigenvalue weighted by Gasteiger charge is -2.16. The summed E-state index contributed by atoms with van der Waals surface area (Å²) in [5.41, 5.74) is 8.56. The Kier molecular flexibility index (Phi) is 3.65. The monoisotopic (exact) mass is 310 g/mol. The zero-order chi connectivity index (χ0) is 15.8. The standard InChI is InChI=1S/C18H22N4O/c19-10-16(12-6-7-12)21-18(23)15-11-20-22(17(15)13-8-9-13)14-4-2-1-3-5-14/h1-5,11-13,16H,6-10,19H2,(H,21,23). The lowest BCUT2D eigenvalue weighted by atomic mass is 10.1. The Morgan fingerprint density at radius 2 is 2.00 bits per heavy atom. The first-order chi connectivity index (χ1) is 11.3. The fraction of sp³-hybridized carbons (Fsp3) is 0.444. The number of nitrogens with one attached hydrogen (secondary N) is 1. The van der Waals surface area contributed by atoms with Gasteiger partial charge in [0.25, 0.3) is 5.91 Å². The lowest BCUT2D eigenvalue weighted by Crippen LogP contribution is -2.41. The van der Waals surface area contributed by atoms with E-state index in [4.69, 9.17) is 5.73 Å². The molecule has 1 heterocycles. The number of nitrogens with zero attached hydrogens (tertiary/aromatic N) is 2. The Labute approximate surface area is 135 Å². The molecule has 2 aromatic rings. The minimum Gasteiger partial charge on any atom is -0.348 e. The number of benzene rings is 1. The van der Waals surface area contributed by atoms with Gasteiger partial charge in [0.1, 0.15) is 0 Å². The van der Waals surface area contributed by atoms with Crippen molar-refractivity contribution in [1.82, 2.24) is 15.1 Å². The van der Waals surface area contributed by atoms with Gasteiger partial charge in [0.05, 0.1) is 23.1 Å². The molecule has 5 nitrogen and oxygen atoms in total. The minimum absolute atomic E-state index is 0.0311. The van der Waals surface area contributed by atoms with Gasteiger partial charge in [-0.25, -0.2) is 4.68 Å². The van der Waals surface area contributed by atoms with Crippen molar-refractivity contribution in [2.24, 2.45) is 11.7 Å². The molecule has 1 atom stereocenters. The number of hydrogen-bond donors (Lipinski definition) is 2. The number of carbonyl (C=O) groups excluding carboxylic acids is 1. The number of hydrogen-bond acceptors (Lipinski definition) is 3. The van der Waals surface area contributed by atoms with Crippen LogP contribution in [0, 0.1) is 5.92 Å². The van der Waals surface area contributed by atoms with E-state index in [-0.39, 0.29) is 11.9 Å². The van der Waals surface area contributed by atoms with E-state index in [0.717, 1.165) is 24.2 Å². The third-order valence-electron chi connectivity index (χ3n) is 4.78. The van der Waals surface area contributed by atoms with E-state index < -0.39 is 0 Å². The van der Waals surface area contributed by atoms with Gasteiger partial charge >= 0.3 is 0 Å². The molecule has 2 fully saturated rings.